The van der Waals surface area contributed by atoms with Gasteiger partial charge in [-0.1, -0.05) is 110 Å². The van der Waals surface area contributed by atoms with Gasteiger partial charge in [-0.25, -0.2) is 0 Å². The number of hydrogen-bond acceptors (Lipinski definition) is 0. The first kappa shape index (κ1) is 18.2. The predicted octanol–water partition coefficient (Wildman–Crippen LogP) is 7.73. The Kier molecular flexibility index (Phi) is 4.81. The highest BCUT2D eigenvalue weighted by atomic mass is 127. The van der Waals surface area contributed by atoms with Crippen molar-refractivity contribution >= 4 is 38.9 Å². The van der Waals surface area contributed by atoms with Gasteiger partial charge in [0, 0.05) is 9.84 Å². The summed E-state index contributed by atoms with van der Waals surface area (Å²) in [5.74, 6) is 0. The summed E-state index contributed by atoms with van der Waals surface area (Å²) in [5.41, 5.74) is 8.00. The lowest BCUT2D eigenvalue weighted by molar-refractivity contribution is 0.660. The van der Waals surface area contributed by atoms with Crippen LogP contribution in [0.25, 0.3) is 27.5 Å². The fourth-order valence-electron chi connectivity index (χ4n) is 4.21. The van der Waals surface area contributed by atoms with Gasteiger partial charge in [0.05, 0.1) is 0 Å². The smallest absolute Gasteiger partial charge is 0.0182 e. The van der Waals surface area contributed by atoms with Crippen LogP contribution in [-0.2, 0) is 5.41 Å². The van der Waals surface area contributed by atoms with Crippen LogP contribution in [0, 0.1) is 0 Å². The van der Waals surface area contributed by atoms with Gasteiger partial charge in [-0.05, 0) is 56.3 Å². The van der Waals surface area contributed by atoms with E-state index in [1.807, 2.05) is 6.08 Å². The maximum absolute atomic E-state index is 3.93. The molecule has 3 aromatic rings. The molecule has 0 saturated carbocycles. The Hall–Kier alpha value is -2.13. The zero-order valence-corrected chi connectivity index (χ0v) is 18.0. The van der Waals surface area contributed by atoms with E-state index in [1.54, 1.807) is 0 Å². The Bertz CT molecular complexity index is 1100. The molecule has 0 unspecified atom stereocenters. The van der Waals surface area contributed by atoms with E-state index < -0.39 is 0 Å². The van der Waals surface area contributed by atoms with Crippen molar-refractivity contribution < 1.29 is 0 Å². The fraction of sp³-hybridized carbons (Fsp3) is 0.154. The van der Waals surface area contributed by atoms with E-state index in [-0.39, 0.29) is 5.41 Å². The molecule has 0 aliphatic heterocycles. The number of alkyl halides is 1. The molecule has 0 heterocycles. The topological polar surface area (TPSA) is 0 Å². The van der Waals surface area contributed by atoms with Gasteiger partial charge in [-0.15, -0.1) is 0 Å². The summed E-state index contributed by atoms with van der Waals surface area (Å²) in [6.45, 7) is 8.59. The zero-order valence-electron chi connectivity index (χ0n) is 15.8. The molecular weight excluding hydrogens is 439 g/mol. The van der Waals surface area contributed by atoms with E-state index in [1.165, 1.54) is 44.2 Å². The highest BCUT2D eigenvalue weighted by Crippen LogP contribution is 2.50. The highest BCUT2D eigenvalue weighted by molar-refractivity contribution is 14.1. The summed E-state index contributed by atoms with van der Waals surface area (Å²) in [6.07, 6.45) is 6.41. The molecule has 1 heteroatoms. The van der Waals surface area contributed by atoms with Crippen molar-refractivity contribution in [2.45, 2.75) is 19.3 Å². The van der Waals surface area contributed by atoms with Gasteiger partial charge in [-0.2, -0.15) is 0 Å². The quantitative estimate of drug-likeness (QED) is 0.276. The van der Waals surface area contributed by atoms with Crippen molar-refractivity contribution in [1.82, 2.24) is 0 Å². The molecule has 0 atom stereocenters. The summed E-state index contributed by atoms with van der Waals surface area (Å²) in [4.78, 5) is 0. The second kappa shape index (κ2) is 7.12. The van der Waals surface area contributed by atoms with Crippen LogP contribution in [0.15, 0.2) is 91.0 Å². The summed E-state index contributed by atoms with van der Waals surface area (Å²) >= 11 is 2.43. The molecule has 0 nitrogen and oxygen atoms in total. The Labute approximate surface area is 175 Å². The van der Waals surface area contributed by atoms with Crippen LogP contribution in [0.1, 0.15) is 25.0 Å². The minimum atomic E-state index is 0.00219. The summed E-state index contributed by atoms with van der Waals surface area (Å²) in [5, 5.41) is 2.57. The Balaban J connectivity index is 1.89. The molecule has 0 amide bonds. The van der Waals surface area contributed by atoms with Crippen molar-refractivity contribution in [2.75, 3.05) is 4.43 Å². The number of fused-ring (bicyclic) bond motifs is 2. The summed E-state index contributed by atoms with van der Waals surface area (Å²) < 4.78 is 1.01. The molecule has 1 aliphatic rings. The van der Waals surface area contributed by atoms with Crippen LogP contribution < -0.4 is 0 Å². The van der Waals surface area contributed by atoms with Gasteiger partial charge in [0.15, 0.2) is 0 Å². The third kappa shape index (κ3) is 3.08. The van der Waals surface area contributed by atoms with Crippen molar-refractivity contribution in [3.05, 3.63) is 102 Å². The molecule has 0 saturated heterocycles. The first-order chi connectivity index (χ1) is 13.1. The minimum absolute atomic E-state index is 0.00219. The molecule has 4 rings (SSSR count). The van der Waals surface area contributed by atoms with E-state index >= 15 is 0 Å². The highest BCUT2D eigenvalue weighted by Gasteiger charge is 2.37. The van der Waals surface area contributed by atoms with Crippen LogP contribution in [0.4, 0.5) is 0 Å². The summed E-state index contributed by atoms with van der Waals surface area (Å²) in [6, 6.07) is 22.2. The maximum Gasteiger partial charge on any atom is 0.0182 e. The van der Waals surface area contributed by atoms with Crippen molar-refractivity contribution in [3.8, 4) is 11.1 Å². The standard InChI is InChI=1S/C26H23I/c1-4-7-22-23-13-12-21(17-25(23)26(2,3)24(22)14-15-27)20-11-10-18-8-5-6-9-19(18)16-20/h4-14,16-17H,1,15H2,2-3H3/b22-7-,24-14+. The van der Waals surface area contributed by atoms with Crippen LogP contribution in [0.2, 0.25) is 0 Å². The number of hydrogen-bond donors (Lipinski definition) is 0. The first-order valence-electron chi connectivity index (χ1n) is 9.30. The predicted molar refractivity (Wildman–Crippen MR) is 128 cm³/mol. The van der Waals surface area contributed by atoms with Crippen LogP contribution >= 0.6 is 22.6 Å². The molecule has 27 heavy (non-hydrogen) atoms. The van der Waals surface area contributed by atoms with E-state index in [0.29, 0.717) is 0 Å². The van der Waals surface area contributed by atoms with Crippen LogP contribution in [0.3, 0.4) is 0 Å². The van der Waals surface area contributed by atoms with Crippen molar-refractivity contribution in [2.24, 2.45) is 0 Å². The van der Waals surface area contributed by atoms with E-state index in [9.17, 15) is 0 Å². The maximum atomic E-state index is 3.93. The SMILES string of the molecule is C=C/C=C1\C(=C/CI)C(C)(C)c2cc(-c3ccc4ccccc4c3)ccc21. The van der Waals surface area contributed by atoms with Gasteiger partial charge >= 0.3 is 0 Å². The molecule has 0 radical (unpaired) electrons. The molecule has 0 fully saturated rings. The lowest BCUT2D eigenvalue weighted by atomic mass is 9.81. The minimum Gasteiger partial charge on any atom is -0.0990 e. The lowest BCUT2D eigenvalue weighted by Gasteiger charge is -2.22. The lowest BCUT2D eigenvalue weighted by Crippen LogP contribution is -2.15. The summed E-state index contributed by atoms with van der Waals surface area (Å²) in [7, 11) is 0. The Morgan fingerprint density at radius 3 is 2.37 bits per heavy atom. The average Bonchev–Trinajstić information content (AvgIpc) is 2.89. The average molecular weight is 462 g/mol. The van der Waals surface area contributed by atoms with Gasteiger partial charge in [-0.3, -0.25) is 0 Å². The third-order valence-corrected chi connectivity index (χ3v) is 6.04. The second-order valence-electron chi connectivity index (χ2n) is 7.54. The van der Waals surface area contributed by atoms with Gasteiger partial charge < -0.3 is 0 Å². The van der Waals surface area contributed by atoms with Gasteiger partial charge in [0.1, 0.15) is 0 Å². The van der Waals surface area contributed by atoms with E-state index in [0.717, 1.165) is 4.43 Å². The Morgan fingerprint density at radius 2 is 1.63 bits per heavy atom. The number of allylic oxidation sites excluding steroid dienone is 5. The van der Waals surface area contributed by atoms with Crippen LogP contribution in [-0.4, -0.2) is 4.43 Å². The molecule has 0 bridgehead atoms. The monoisotopic (exact) mass is 462 g/mol. The molecule has 3 aromatic carbocycles. The van der Waals surface area contributed by atoms with Gasteiger partial charge in [0.2, 0.25) is 0 Å². The number of halogens is 1. The molecule has 0 spiro atoms. The van der Waals surface area contributed by atoms with Crippen molar-refractivity contribution in [1.29, 1.82) is 0 Å². The Morgan fingerprint density at radius 1 is 0.926 bits per heavy atom. The number of benzene rings is 3. The van der Waals surface area contributed by atoms with Gasteiger partial charge in [0.25, 0.3) is 0 Å². The van der Waals surface area contributed by atoms with Crippen LogP contribution in [0.5, 0.6) is 0 Å². The molecule has 0 aromatic heterocycles. The molecule has 134 valence electrons. The molecule has 0 N–H and O–H groups in total. The molecule has 1 aliphatic carbocycles. The van der Waals surface area contributed by atoms with E-state index in [2.05, 4.69) is 116 Å². The normalized spacial score (nSPS) is 18.2. The van der Waals surface area contributed by atoms with Crippen molar-refractivity contribution in [3.63, 3.8) is 0 Å². The molecular formula is C26H23I. The first-order valence-corrected chi connectivity index (χ1v) is 10.8. The zero-order chi connectivity index (χ0) is 19.0. The second-order valence-corrected chi connectivity index (χ2v) is 8.42. The number of rotatable bonds is 3. The third-order valence-electron chi connectivity index (χ3n) is 5.60. The van der Waals surface area contributed by atoms with E-state index in [4.69, 9.17) is 0 Å². The fourth-order valence-corrected chi connectivity index (χ4v) is 4.65. The largest absolute Gasteiger partial charge is 0.0990 e.